The van der Waals surface area contributed by atoms with E-state index in [0.29, 0.717) is 6.42 Å². The van der Waals surface area contributed by atoms with Crippen molar-refractivity contribution < 1.29 is 13.2 Å². The van der Waals surface area contributed by atoms with E-state index in [1.165, 1.54) is 6.07 Å². The Hall–Kier alpha value is -1.50. The predicted octanol–water partition coefficient (Wildman–Crippen LogP) is 3.33. The molecular weight excluding hydrogens is 297 g/mol. The van der Waals surface area contributed by atoms with Gasteiger partial charge in [0.15, 0.2) is 17.5 Å². The topological polar surface area (TPSA) is 38.0 Å². The van der Waals surface area contributed by atoms with Crippen molar-refractivity contribution in [2.24, 2.45) is 5.84 Å². The summed E-state index contributed by atoms with van der Waals surface area (Å²) in [5.74, 6) is 1.68. The first-order valence-electron chi connectivity index (χ1n) is 6.46. The largest absolute Gasteiger partial charge is 0.271 e. The summed E-state index contributed by atoms with van der Waals surface area (Å²) in [7, 11) is 0. The normalized spacial score (nSPS) is 18.6. The molecule has 110 valence electrons. The third-order valence-electron chi connectivity index (χ3n) is 3.62. The predicted molar refractivity (Wildman–Crippen MR) is 76.2 cm³/mol. The van der Waals surface area contributed by atoms with Crippen LogP contribution >= 0.6 is 11.8 Å². The van der Waals surface area contributed by atoms with Gasteiger partial charge in [0.1, 0.15) is 0 Å². The number of hydrazine groups is 1. The second kappa shape index (κ2) is 5.71. The zero-order valence-electron chi connectivity index (χ0n) is 10.9. The molecule has 6 heteroatoms. The van der Waals surface area contributed by atoms with Crippen LogP contribution in [0.3, 0.4) is 0 Å². The maximum Gasteiger partial charge on any atom is 0.194 e. The van der Waals surface area contributed by atoms with Crippen molar-refractivity contribution in [2.45, 2.75) is 22.6 Å². The van der Waals surface area contributed by atoms with Gasteiger partial charge in [-0.3, -0.25) is 11.3 Å². The molecule has 2 nitrogen and oxygen atoms in total. The minimum atomic E-state index is -1.46. The minimum absolute atomic E-state index is 0.0432. The molecule has 0 amide bonds. The summed E-state index contributed by atoms with van der Waals surface area (Å²) in [5, 5.41) is -0.0771. The average Bonchev–Trinajstić information content (AvgIpc) is 2.91. The lowest BCUT2D eigenvalue weighted by atomic mass is 9.98. The first-order chi connectivity index (χ1) is 10.1. The summed E-state index contributed by atoms with van der Waals surface area (Å²) in [4.78, 5) is 1.10. The summed E-state index contributed by atoms with van der Waals surface area (Å²) in [6.07, 6.45) is 0.689. The van der Waals surface area contributed by atoms with Gasteiger partial charge in [-0.05, 0) is 24.1 Å². The van der Waals surface area contributed by atoms with E-state index in [-0.39, 0.29) is 10.8 Å². The summed E-state index contributed by atoms with van der Waals surface area (Å²) in [5.41, 5.74) is 3.72. The van der Waals surface area contributed by atoms with Crippen LogP contribution < -0.4 is 11.3 Å². The van der Waals surface area contributed by atoms with Gasteiger partial charge >= 0.3 is 0 Å². The maximum absolute atomic E-state index is 14.0. The highest BCUT2D eigenvalue weighted by Crippen LogP contribution is 2.42. The van der Waals surface area contributed by atoms with Crippen molar-refractivity contribution in [1.82, 2.24) is 5.43 Å². The Bertz CT molecular complexity index is 653. The van der Waals surface area contributed by atoms with Gasteiger partial charge in [-0.2, -0.15) is 0 Å². The Morgan fingerprint density at radius 1 is 1.10 bits per heavy atom. The molecule has 0 aliphatic carbocycles. The fourth-order valence-corrected chi connectivity index (χ4v) is 3.98. The molecule has 0 radical (unpaired) electrons. The van der Waals surface area contributed by atoms with Crippen LogP contribution in [-0.2, 0) is 6.42 Å². The van der Waals surface area contributed by atoms with Gasteiger partial charge in [-0.1, -0.05) is 24.3 Å². The highest BCUT2D eigenvalue weighted by molar-refractivity contribution is 8.00. The first kappa shape index (κ1) is 14.4. The molecule has 2 aromatic rings. The van der Waals surface area contributed by atoms with Crippen molar-refractivity contribution in [1.29, 1.82) is 0 Å². The number of rotatable bonds is 3. The van der Waals surface area contributed by atoms with Crippen LogP contribution in [0.5, 0.6) is 0 Å². The quantitative estimate of drug-likeness (QED) is 0.519. The van der Waals surface area contributed by atoms with Crippen LogP contribution in [0.15, 0.2) is 41.3 Å². The number of hydrogen-bond donors (Lipinski definition) is 2. The molecule has 1 aliphatic heterocycles. The van der Waals surface area contributed by atoms with E-state index in [1.807, 2.05) is 24.3 Å². The zero-order valence-corrected chi connectivity index (χ0v) is 11.8. The Labute approximate surface area is 124 Å². The molecule has 21 heavy (non-hydrogen) atoms. The fourth-order valence-electron chi connectivity index (χ4n) is 2.57. The first-order valence-corrected chi connectivity index (χ1v) is 7.34. The minimum Gasteiger partial charge on any atom is -0.271 e. The number of fused-ring (bicyclic) bond motifs is 1. The molecular formula is C15H13F3N2S. The van der Waals surface area contributed by atoms with Crippen LogP contribution in [0.1, 0.15) is 17.2 Å². The molecule has 2 aromatic carbocycles. The lowest BCUT2D eigenvalue weighted by Gasteiger charge is -2.23. The molecule has 2 atom stereocenters. The average molecular weight is 310 g/mol. The molecule has 1 heterocycles. The van der Waals surface area contributed by atoms with Crippen molar-refractivity contribution in [2.75, 3.05) is 0 Å². The van der Waals surface area contributed by atoms with E-state index in [0.717, 1.165) is 16.5 Å². The molecule has 3 N–H and O–H groups in total. The molecule has 0 aromatic heterocycles. The summed E-state index contributed by atoms with van der Waals surface area (Å²) >= 11 is 1.56. The van der Waals surface area contributed by atoms with E-state index in [1.54, 1.807) is 11.8 Å². The van der Waals surface area contributed by atoms with Crippen LogP contribution in [0.25, 0.3) is 0 Å². The molecule has 0 saturated carbocycles. The van der Waals surface area contributed by atoms with Crippen molar-refractivity contribution in [3.63, 3.8) is 0 Å². The maximum atomic E-state index is 14.0. The molecule has 2 unspecified atom stereocenters. The molecule has 1 aliphatic rings. The van der Waals surface area contributed by atoms with Gasteiger partial charge in [0.25, 0.3) is 0 Å². The second-order valence-corrected chi connectivity index (χ2v) is 6.16. The van der Waals surface area contributed by atoms with Crippen LogP contribution in [0.2, 0.25) is 0 Å². The zero-order chi connectivity index (χ0) is 15.0. The fraction of sp³-hybridized carbons (Fsp3) is 0.200. The molecule has 0 bridgehead atoms. The van der Waals surface area contributed by atoms with Gasteiger partial charge in [-0.25, -0.2) is 13.2 Å². The van der Waals surface area contributed by atoms with Crippen molar-refractivity contribution in [3.05, 3.63) is 65.0 Å². The van der Waals surface area contributed by atoms with E-state index in [2.05, 4.69) is 5.43 Å². The third-order valence-corrected chi connectivity index (χ3v) is 5.02. The number of hydrogen-bond acceptors (Lipinski definition) is 3. The number of benzene rings is 2. The lowest BCUT2D eigenvalue weighted by molar-refractivity contribution is 0.422. The standard InChI is InChI=1S/C15H13F3N2S/c16-10-6-5-9(13(17)14(10)18)15(20-19)12-7-8-3-1-2-4-11(8)21-12/h1-6,12,15,20H,7,19H2. The van der Waals surface area contributed by atoms with Gasteiger partial charge in [-0.15, -0.1) is 11.8 Å². The van der Waals surface area contributed by atoms with Gasteiger partial charge in [0.2, 0.25) is 0 Å². The van der Waals surface area contributed by atoms with E-state index < -0.39 is 23.5 Å². The summed E-state index contributed by atoms with van der Waals surface area (Å²) < 4.78 is 40.4. The van der Waals surface area contributed by atoms with E-state index in [9.17, 15) is 13.2 Å². The molecule has 0 saturated heterocycles. The van der Waals surface area contributed by atoms with Crippen molar-refractivity contribution >= 4 is 11.8 Å². The number of nitrogens with two attached hydrogens (primary N) is 1. The van der Waals surface area contributed by atoms with Crippen LogP contribution in [0, 0.1) is 17.5 Å². The summed E-state index contributed by atoms with van der Waals surface area (Å²) in [6, 6.07) is 9.40. The molecule has 0 spiro atoms. The Balaban J connectivity index is 1.93. The highest BCUT2D eigenvalue weighted by Gasteiger charge is 2.32. The Morgan fingerprint density at radius 2 is 1.86 bits per heavy atom. The van der Waals surface area contributed by atoms with Crippen LogP contribution in [-0.4, -0.2) is 5.25 Å². The number of halogens is 3. The smallest absolute Gasteiger partial charge is 0.194 e. The van der Waals surface area contributed by atoms with Gasteiger partial charge in [0, 0.05) is 15.7 Å². The second-order valence-electron chi connectivity index (χ2n) is 4.88. The Kier molecular flexibility index (Phi) is 3.93. The van der Waals surface area contributed by atoms with Crippen molar-refractivity contribution in [3.8, 4) is 0 Å². The monoisotopic (exact) mass is 310 g/mol. The number of thioether (sulfide) groups is 1. The van der Waals surface area contributed by atoms with Gasteiger partial charge < -0.3 is 0 Å². The lowest BCUT2D eigenvalue weighted by Crippen LogP contribution is -2.36. The Morgan fingerprint density at radius 3 is 2.57 bits per heavy atom. The molecule has 3 rings (SSSR count). The number of nitrogens with one attached hydrogen (secondary N) is 1. The van der Waals surface area contributed by atoms with Crippen LogP contribution in [0.4, 0.5) is 13.2 Å². The SMILES string of the molecule is NNC(c1ccc(F)c(F)c1F)C1Cc2ccccc2S1. The van der Waals surface area contributed by atoms with Gasteiger partial charge in [0.05, 0.1) is 6.04 Å². The van der Waals surface area contributed by atoms with E-state index in [4.69, 9.17) is 5.84 Å². The van der Waals surface area contributed by atoms with E-state index >= 15 is 0 Å². The summed E-state index contributed by atoms with van der Waals surface area (Å²) in [6.45, 7) is 0. The highest BCUT2D eigenvalue weighted by atomic mass is 32.2. The third kappa shape index (κ3) is 2.54. The molecule has 0 fully saturated rings.